The third-order valence-electron chi connectivity index (χ3n) is 4.47. The monoisotopic (exact) mass is 339 g/mol. The molecule has 128 valence electrons. The van der Waals surface area contributed by atoms with E-state index in [2.05, 4.69) is 12.2 Å². The summed E-state index contributed by atoms with van der Waals surface area (Å²) < 4.78 is 25.0. The first-order valence-corrected chi connectivity index (χ1v) is 9.73. The Hall–Kier alpha value is -1.44. The third kappa shape index (κ3) is 4.76. The largest absolute Gasteiger partial charge is 0.366 e. The predicted octanol–water partition coefficient (Wildman–Crippen LogP) is 0.935. The summed E-state index contributed by atoms with van der Waals surface area (Å²) in [6.07, 6.45) is 2.98. The number of sulfonamides is 1. The standard InChI is InChI=1S/C16H25N3O3S/c1-3-13-11-19(23(2,21)22)8-7-15(13)18-10-12-5-4-6-14(9-12)16(17)20/h4-6,9,13,15,18H,3,7-8,10-11H2,1-2H3,(H2,17,20)/t13-,15-/m1/s1. The molecule has 0 aromatic heterocycles. The number of rotatable bonds is 6. The van der Waals surface area contributed by atoms with Crippen LogP contribution in [0.3, 0.4) is 0 Å². The molecule has 7 heteroatoms. The maximum absolute atomic E-state index is 11.7. The predicted molar refractivity (Wildman–Crippen MR) is 90.4 cm³/mol. The van der Waals surface area contributed by atoms with E-state index in [1.807, 2.05) is 12.1 Å². The van der Waals surface area contributed by atoms with Crippen molar-refractivity contribution in [2.24, 2.45) is 11.7 Å². The number of hydrogen-bond donors (Lipinski definition) is 2. The summed E-state index contributed by atoms with van der Waals surface area (Å²) in [5.74, 6) is -0.141. The van der Waals surface area contributed by atoms with Gasteiger partial charge in [0.25, 0.3) is 0 Å². The maximum Gasteiger partial charge on any atom is 0.248 e. The fraction of sp³-hybridized carbons (Fsp3) is 0.562. The molecule has 0 bridgehead atoms. The summed E-state index contributed by atoms with van der Waals surface area (Å²) in [5.41, 5.74) is 6.80. The van der Waals surface area contributed by atoms with E-state index in [0.29, 0.717) is 25.2 Å². The van der Waals surface area contributed by atoms with Gasteiger partial charge in [-0.2, -0.15) is 0 Å². The van der Waals surface area contributed by atoms with Crippen molar-refractivity contribution >= 4 is 15.9 Å². The molecule has 1 amide bonds. The number of primary amides is 1. The van der Waals surface area contributed by atoms with Gasteiger partial charge in [-0.15, -0.1) is 0 Å². The van der Waals surface area contributed by atoms with Crippen molar-refractivity contribution < 1.29 is 13.2 Å². The molecule has 2 rings (SSSR count). The second-order valence-electron chi connectivity index (χ2n) is 6.13. The van der Waals surface area contributed by atoms with E-state index in [9.17, 15) is 13.2 Å². The molecule has 1 heterocycles. The highest BCUT2D eigenvalue weighted by Gasteiger charge is 2.31. The van der Waals surface area contributed by atoms with Gasteiger partial charge >= 0.3 is 0 Å². The van der Waals surface area contributed by atoms with Crippen molar-refractivity contribution in [2.75, 3.05) is 19.3 Å². The zero-order valence-electron chi connectivity index (χ0n) is 13.7. The normalized spacial score (nSPS) is 22.9. The highest BCUT2D eigenvalue weighted by Crippen LogP contribution is 2.22. The lowest BCUT2D eigenvalue weighted by Crippen LogP contribution is -2.50. The van der Waals surface area contributed by atoms with Crippen LogP contribution in [0, 0.1) is 5.92 Å². The number of nitrogens with one attached hydrogen (secondary N) is 1. The lowest BCUT2D eigenvalue weighted by atomic mass is 9.91. The van der Waals surface area contributed by atoms with Crippen LogP contribution in [0.25, 0.3) is 0 Å². The molecule has 1 aliphatic heterocycles. The molecule has 23 heavy (non-hydrogen) atoms. The minimum Gasteiger partial charge on any atom is -0.366 e. The van der Waals surface area contributed by atoms with Crippen LogP contribution in [-0.4, -0.2) is 44.0 Å². The Kier molecular flexibility index (Phi) is 5.78. The molecule has 1 aliphatic rings. The Labute approximate surface area is 138 Å². The smallest absolute Gasteiger partial charge is 0.248 e. The molecule has 2 atom stereocenters. The fourth-order valence-corrected chi connectivity index (χ4v) is 3.97. The Morgan fingerprint density at radius 1 is 1.43 bits per heavy atom. The van der Waals surface area contributed by atoms with Crippen LogP contribution in [0.4, 0.5) is 0 Å². The molecule has 1 aromatic rings. The molecule has 1 saturated heterocycles. The SMILES string of the molecule is CC[C@@H]1CN(S(C)(=O)=O)CC[C@H]1NCc1cccc(C(N)=O)c1. The van der Waals surface area contributed by atoms with E-state index in [-0.39, 0.29) is 12.0 Å². The van der Waals surface area contributed by atoms with Crippen molar-refractivity contribution in [2.45, 2.75) is 32.4 Å². The Balaban J connectivity index is 1.98. The quantitative estimate of drug-likeness (QED) is 0.806. The Bertz CT molecular complexity index is 660. The number of nitrogens with zero attached hydrogens (tertiary/aromatic N) is 1. The fourth-order valence-electron chi connectivity index (χ4n) is 3.07. The summed E-state index contributed by atoms with van der Waals surface area (Å²) in [7, 11) is -3.12. The molecular weight excluding hydrogens is 314 g/mol. The van der Waals surface area contributed by atoms with Gasteiger partial charge in [-0.3, -0.25) is 4.79 Å². The van der Waals surface area contributed by atoms with Gasteiger partial charge in [-0.25, -0.2) is 12.7 Å². The molecule has 0 spiro atoms. The van der Waals surface area contributed by atoms with E-state index >= 15 is 0 Å². The Morgan fingerprint density at radius 3 is 2.78 bits per heavy atom. The van der Waals surface area contributed by atoms with Crippen molar-refractivity contribution in [1.29, 1.82) is 0 Å². The van der Waals surface area contributed by atoms with E-state index < -0.39 is 15.9 Å². The van der Waals surface area contributed by atoms with Gasteiger partial charge in [-0.05, 0) is 30.0 Å². The van der Waals surface area contributed by atoms with E-state index in [0.717, 1.165) is 18.4 Å². The zero-order chi connectivity index (χ0) is 17.0. The average Bonchev–Trinajstić information content (AvgIpc) is 2.52. The molecule has 0 saturated carbocycles. The van der Waals surface area contributed by atoms with Crippen molar-refractivity contribution in [1.82, 2.24) is 9.62 Å². The van der Waals surface area contributed by atoms with Gasteiger partial charge in [0.15, 0.2) is 0 Å². The average molecular weight is 339 g/mol. The van der Waals surface area contributed by atoms with Crippen LogP contribution < -0.4 is 11.1 Å². The summed E-state index contributed by atoms with van der Waals surface area (Å²) in [6, 6.07) is 7.54. The molecule has 0 aliphatic carbocycles. The summed E-state index contributed by atoms with van der Waals surface area (Å²) >= 11 is 0. The van der Waals surface area contributed by atoms with Crippen molar-refractivity contribution in [3.05, 3.63) is 35.4 Å². The second-order valence-corrected chi connectivity index (χ2v) is 8.11. The molecular formula is C16H25N3O3S. The third-order valence-corrected chi connectivity index (χ3v) is 5.74. The van der Waals surface area contributed by atoms with Crippen molar-refractivity contribution in [3.63, 3.8) is 0 Å². The molecule has 0 unspecified atom stereocenters. The first-order chi connectivity index (χ1) is 10.8. The lowest BCUT2D eigenvalue weighted by molar-refractivity contribution is 0.1000. The van der Waals surface area contributed by atoms with Crippen LogP contribution in [0.1, 0.15) is 35.7 Å². The van der Waals surface area contributed by atoms with Gasteiger partial charge in [0.05, 0.1) is 6.26 Å². The number of hydrogen-bond acceptors (Lipinski definition) is 4. The van der Waals surface area contributed by atoms with Crippen LogP contribution in [0.2, 0.25) is 0 Å². The first kappa shape index (κ1) is 17.9. The number of benzene rings is 1. The molecule has 6 nitrogen and oxygen atoms in total. The number of carbonyl (C=O) groups excluding carboxylic acids is 1. The maximum atomic E-state index is 11.7. The number of nitrogens with two attached hydrogens (primary N) is 1. The number of carbonyl (C=O) groups is 1. The summed E-state index contributed by atoms with van der Waals surface area (Å²) in [4.78, 5) is 11.2. The van der Waals surface area contributed by atoms with Gasteiger partial charge in [0, 0.05) is 31.2 Å². The van der Waals surface area contributed by atoms with Crippen LogP contribution in [0.5, 0.6) is 0 Å². The van der Waals surface area contributed by atoms with Gasteiger partial charge in [0.2, 0.25) is 15.9 Å². The number of piperidine rings is 1. The van der Waals surface area contributed by atoms with Crippen molar-refractivity contribution in [3.8, 4) is 0 Å². The molecule has 1 fully saturated rings. The van der Waals surface area contributed by atoms with Gasteiger partial charge in [-0.1, -0.05) is 25.5 Å². The highest BCUT2D eigenvalue weighted by molar-refractivity contribution is 7.88. The zero-order valence-corrected chi connectivity index (χ0v) is 14.5. The van der Waals surface area contributed by atoms with Crippen LogP contribution in [-0.2, 0) is 16.6 Å². The number of amides is 1. The van der Waals surface area contributed by atoms with Crippen LogP contribution in [0.15, 0.2) is 24.3 Å². The molecule has 0 radical (unpaired) electrons. The van der Waals surface area contributed by atoms with E-state index in [1.54, 1.807) is 16.4 Å². The summed E-state index contributed by atoms with van der Waals surface area (Å²) in [6.45, 7) is 3.84. The first-order valence-electron chi connectivity index (χ1n) is 7.88. The minimum absolute atomic E-state index is 0.273. The van der Waals surface area contributed by atoms with E-state index in [1.165, 1.54) is 6.26 Å². The summed E-state index contributed by atoms with van der Waals surface area (Å²) in [5, 5.41) is 3.50. The Morgan fingerprint density at radius 2 is 2.17 bits per heavy atom. The van der Waals surface area contributed by atoms with Crippen LogP contribution >= 0.6 is 0 Å². The second kappa shape index (κ2) is 7.42. The highest BCUT2D eigenvalue weighted by atomic mass is 32.2. The van der Waals surface area contributed by atoms with E-state index in [4.69, 9.17) is 5.73 Å². The minimum atomic E-state index is -3.12. The molecule has 3 N–H and O–H groups in total. The topological polar surface area (TPSA) is 92.5 Å². The van der Waals surface area contributed by atoms with Gasteiger partial charge in [0.1, 0.15) is 0 Å². The lowest BCUT2D eigenvalue weighted by Gasteiger charge is -2.37. The van der Waals surface area contributed by atoms with Gasteiger partial charge < -0.3 is 11.1 Å². The molecule has 1 aromatic carbocycles.